The second kappa shape index (κ2) is 3.90. The maximum atomic E-state index is 8.90. The Kier molecular flexibility index (Phi) is 2.75. The van der Waals surface area contributed by atoms with Crippen LogP contribution < -0.4 is 5.32 Å². The third kappa shape index (κ3) is 2.35. The zero-order chi connectivity index (χ0) is 10.9. The molecule has 1 aromatic heterocycles. The molecule has 0 saturated heterocycles. The number of nitrogens with zero attached hydrogens (tertiary/aromatic N) is 3. The molecule has 1 saturated carbocycles. The van der Waals surface area contributed by atoms with E-state index in [2.05, 4.69) is 20.5 Å². The maximum Gasteiger partial charge on any atom is 0.243 e. The van der Waals surface area contributed by atoms with Gasteiger partial charge in [-0.15, -0.1) is 10.2 Å². The summed E-state index contributed by atoms with van der Waals surface area (Å²) in [5.74, 6) is 0.489. The molecule has 1 heterocycles. The van der Waals surface area contributed by atoms with Gasteiger partial charge in [0.2, 0.25) is 5.95 Å². The highest BCUT2D eigenvalue weighted by atomic mass is 35.5. The van der Waals surface area contributed by atoms with Crippen LogP contribution in [0, 0.1) is 6.92 Å². The minimum atomic E-state index is -0.0172. The summed E-state index contributed by atoms with van der Waals surface area (Å²) in [6.45, 7) is 1.96. The zero-order valence-corrected chi connectivity index (χ0v) is 9.25. The molecule has 1 aromatic rings. The molecule has 0 aliphatic heterocycles. The van der Waals surface area contributed by atoms with E-state index in [1.165, 1.54) is 0 Å². The normalized spacial score (nSPS) is 17.5. The first-order valence-corrected chi connectivity index (χ1v) is 5.29. The lowest BCUT2D eigenvalue weighted by Gasteiger charge is -2.15. The molecule has 0 unspecified atom stereocenters. The Morgan fingerprint density at radius 1 is 1.47 bits per heavy atom. The van der Waals surface area contributed by atoms with Gasteiger partial charge >= 0.3 is 0 Å². The van der Waals surface area contributed by atoms with Crippen molar-refractivity contribution < 1.29 is 5.11 Å². The number of halogens is 1. The van der Waals surface area contributed by atoms with E-state index >= 15 is 0 Å². The van der Waals surface area contributed by atoms with Crippen molar-refractivity contribution in [3.05, 3.63) is 10.8 Å². The lowest BCUT2D eigenvalue weighted by Crippen LogP contribution is -2.24. The Morgan fingerprint density at radius 3 is 2.73 bits per heavy atom. The molecular formula is C9H13ClN4O. The number of nitrogens with one attached hydrogen (secondary N) is 1. The van der Waals surface area contributed by atoms with Gasteiger partial charge in [-0.3, -0.25) is 0 Å². The molecule has 0 radical (unpaired) electrons. The molecule has 1 aliphatic rings. The van der Waals surface area contributed by atoms with Crippen molar-refractivity contribution in [1.82, 2.24) is 15.2 Å². The van der Waals surface area contributed by atoms with Gasteiger partial charge in [-0.2, -0.15) is 0 Å². The van der Waals surface area contributed by atoms with Crippen LogP contribution in [0.1, 0.15) is 25.0 Å². The molecule has 15 heavy (non-hydrogen) atoms. The van der Waals surface area contributed by atoms with Crippen molar-refractivity contribution in [3.63, 3.8) is 0 Å². The number of aliphatic hydroxyl groups is 1. The molecule has 0 spiro atoms. The SMILES string of the molecule is Cc1nc(NC2(CCO)CC2)nnc1Cl. The van der Waals surface area contributed by atoms with Crippen LogP contribution in [0.15, 0.2) is 0 Å². The lowest BCUT2D eigenvalue weighted by atomic mass is 10.2. The third-order valence-electron chi connectivity index (χ3n) is 2.63. The Balaban J connectivity index is 2.08. The second-order valence-corrected chi connectivity index (χ2v) is 4.25. The molecule has 1 aliphatic carbocycles. The van der Waals surface area contributed by atoms with E-state index in [4.69, 9.17) is 16.7 Å². The number of aryl methyl sites for hydroxylation is 1. The highest BCUT2D eigenvalue weighted by molar-refractivity contribution is 6.29. The first-order chi connectivity index (χ1) is 7.15. The monoisotopic (exact) mass is 228 g/mol. The molecule has 0 amide bonds. The second-order valence-electron chi connectivity index (χ2n) is 3.89. The van der Waals surface area contributed by atoms with Crippen molar-refractivity contribution in [2.45, 2.75) is 31.7 Å². The summed E-state index contributed by atoms with van der Waals surface area (Å²) in [4.78, 5) is 4.18. The predicted octanol–water partition coefficient (Wildman–Crippen LogP) is 1.16. The van der Waals surface area contributed by atoms with Gasteiger partial charge in [0.25, 0.3) is 0 Å². The Bertz CT molecular complexity index is 367. The van der Waals surface area contributed by atoms with Gasteiger partial charge in [-0.25, -0.2) is 4.98 Å². The summed E-state index contributed by atoms with van der Waals surface area (Å²) in [5, 5.41) is 20.1. The van der Waals surface area contributed by atoms with E-state index in [-0.39, 0.29) is 12.1 Å². The Labute approximate surface area is 92.9 Å². The Hall–Kier alpha value is -0.940. The highest BCUT2D eigenvalue weighted by Gasteiger charge is 2.42. The minimum Gasteiger partial charge on any atom is -0.396 e. The molecule has 2 rings (SSSR count). The Morgan fingerprint density at radius 2 is 2.20 bits per heavy atom. The van der Waals surface area contributed by atoms with Crippen molar-refractivity contribution in [1.29, 1.82) is 0 Å². The summed E-state index contributed by atoms with van der Waals surface area (Å²) in [6, 6.07) is 0. The van der Waals surface area contributed by atoms with Crippen LogP contribution in [0.5, 0.6) is 0 Å². The van der Waals surface area contributed by atoms with Gasteiger partial charge in [0.05, 0.1) is 5.69 Å². The van der Waals surface area contributed by atoms with Crippen molar-refractivity contribution in [3.8, 4) is 0 Å². The number of hydrogen-bond donors (Lipinski definition) is 2. The molecule has 1 fully saturated rings. The highest BCUT2D eigenvalue weighted by Crippen LogP contribution is 2.40. The molecular weight excluding hydrogens is 216 g/mol. The van der Waals surface area contributed by atoms with E-state index in [0.29, 0.717) is 16.8 Å². The van der Waals surface area contributed by atoms with Crippen LogP contribution in [0.2, 0.25) is 5.15 Å². The van der Waals surface area contributed by atoms with E-state index in [1.807, 2.05) is 0 Å². The summed E-state index contributed by atoms with van der Waals surface area (Å²) in [7, 11) is 0. The van der Waals surface area contributed by atoms with Crippen molar-refractivity contribution in [2.24, 2.45) is 0 Å². The lowest BCUT2D eigenvalue weighted by molar-refractivity contribution is 0.275. The van der Waals surface area contributed by atoms with Gasteiger partial charge in [0, 0.05) is 12.1 Å². The average molecular weight is 229 g/mol. The van der Waals surface area contributed by atoms with Crippen LogP contribution in [-0.4, -0.2) is 32.4 Å². The number of hydrogen-bond acceptors (Lipinski definition) is 5. The van der Waals surface area contributed by atoms with Gasteiger partial charge in [0.1, 0.15) is 0 Å². The standard InChI is InChI=1S/C9H13ClN4O/c1-6-7(10)13-14-8(11-6)12-9(2-3-9)4-5-15/h15H,2-5H2,1H3,(H,11,12,14). The van der Waals surface area contributed by atoms with Crippen LogP contribution in [0.3, 0.4) is 0 Å². The maximum absolute atomic E-state index is 8.90. The molecule has 0 aromatic carbocycles. The van der Waals surface area contributed by atoms with E-state index in [9.17, 15) is 0 Å². The first kappa shape index (κ1) is 10.6. The molecule has 82 valence electrons. The fourth-order valence-corrected chi connectivity index (χ4v) is 1.56. The largest absolute Gasteiger partial charge is 0.396 e. The van der Waals surface area contributed by atoms with Gasteiger partial charge in [0.15, 0.2) is 5.15 Å². The van der Waals surface area contributed by atoms with Crippen molar-refractivity contribution >= 4 is 17.5 Å². The van der Waals surface area contributed by atoms with E-state index in [0.717, 1.165) is 19.3 Å². The van der Waals surface area contributed by atoms with Crippen LogP contribution in [-0.2, 0) is 0 Å². The number of aliphatic hydroxyl groups excluding tert-OH is 1. The fraction of sp³-hybridized carbons (Fsp3) is 0.667. The van der Waals surface area contributed by atoms with Gasteiger partial charge < -0.3 is 10.4 Å². The summed E-state index contributed by atoms with van der Waals surface area (Å²) in [6.07, 6.45) is 2.80. The number of aromatic nitrogens is 3. The van der Waals surface area contributed by atoms with Crippen molar-refractivity contribution in [2.75, 3.05) is 11.9 Å². The smallest absolute Gasteiger partial charge is 0.243 e. The number of rotatable bonds is 4. The molecule has 0 bridgehead atoms. The van der Waals surface area contributed by atoms with E-state index < -0.39 is 0 Å². The molecule has 2 N–H and O–H groups in total. The molecule has 0 atom stereocenters. The fourth-order valence-electron chi connectivity index (χ4n) is 1.48. The topological polar surface area (TPSA) is 70.9 Å². The summed E-state index contributed by atoms with van der Waals surface area (Å²) < 4.78 is 0. The van der Waals surface area contributed by atoms with Crippen LogP contribution in [0.25, 0.3) is 0 Å². The number of anilines is 1. The van der Waals surface area contributed by atoms with Gasteiger partial charge in [-0.05, 0) is 26.2 Å². The zero-order valence-electron chi connectivity index (χ0n) is 8.50. The van der Waals surface area contributed by atoms with Crippen LogP contribution in [0.4, 0.5) is 5.95 Å². The summed E-state index contributed by atoms with van der Waals surface area (Å²) >= 11 is 5.72. The average Bonchev–Trinajstić information content (AvgIpc) is 2.92. The third-order valence-corrected chi connectivity index (χ3v) is 2.97. The first-order valence-electron chi connectivity index (χ1n) is 4.91. The van der Waals surface area contributed by atoms with Crippen LogP contribution >= 0.6 is 11.6 Å². The molecule has 6 heteroatoms. The quantitative estimate of drug-likeness (QED) is 0.809. The van der Waals surface area contributed by atoms with Gasteiger partial charge in [-0.1, -0.05) is 11.6 Å². The molecule has 5 nitrogen and oxygen atoms in total. The summed E-state index contributed by atoms with van der Waals surface area (Å²) in [5.41, 5.74) is 0.644. The minimum absolute atomic E-state index is 0.0172. The van der Waals surface area contributed by atoms with E-state index in [1.54, 1.807) is 6.92 Å². The predicted molar refractivity (Wildman–Crippen MR) is 56.9 cm³/mol.